The predicted molar refractivity (Wildman–Crippen MR) is 69.1 cm³/mol. The summed E-state index contributed by atoms with van der Waals surface area (Å²) in [6.07, 6.45) is 1.12. The molecular formula is C13H20ClNO. The molecule has 1 unspecified atom stereocenters. The molecule has 1 aromatic carbocycles. The Hall–Kier alpha value is -0.570. The van der Waals surface area contributed by atoms with Crippen molar-refractivity contribution in [2.24, 2.45) is 0 Å². The monoisotopic (exact) mass is 241 g/mol. The normalized spacial score (nSPS) is 22.8. The van der Waals surface area contributed by atoms with Crippen LogP contribution < -0.4 is 5.32 Å². The predicted octanol–water partition coefficient (Wildman–Crippen LogP) is 2.68. The minimum absolute atomic E-state index is 0. The van der Waals surface area contributed by atoms with Crippen molar-refractivity contribution in [2.75, 3.05) is 6.61 Å². The third kappa shape index (κ3) is 3.21. The Bertz CT molecular complexity index is 352. The standard InChI is InChI=1S/C13H19NO.ClH/c1-10-6-4-5-7-11(10)8-12-14-13(2,3)9-15-12;/h4-7,12,14H,8-9H2,1-3H3;1H. The quantitative estimate of drug-likeness (QED) is 0.860. The summed E-state index contributed by atoms with van der Waals surface area (Å²) < 4.78 is 5.72. The van der Waals surface area contributed by atoms with E-state index in [-0.39, 0.29) is 24.2 Å². The molecule has 0 amide bonds. The van der Waals surface area contributed by atoms with Gasteiger partial charge < -0.3 is 4.74 Å². The van der Waals surface area contributed by atoms with E-state index in [1.807, 2.05) is 0 Å². The molecule has 2 nitrogen and oxygen atoms in total. The molecule has 1 fully saturated rings. The summed E-state index contributed by atoms with van der Waals surface area (Å²) in [6, 6.07) is 8.48. The molecule has 0 aliphatic carbocycles. The van der Waals surface area contributed by atoms with Crippen LogP contribution >= 0.6 is 12.4 Å². The van der Waals surface area contributed by atoms with Gasteiger partial charge in [0.2, 0.25) is 0 Å². The number of halogens is 1. The average molecular weight is 242 g/mol. The minimum Gasteiger partial charge on any atom is -0.361 e. The zero-order valence-corrected chi connectivity index (χ0v) is 10.9. The number of aryl methyl sites for hydroxylation is 1. The molecule has 0 radical (unpaired) electrons. The van der Waals surface area contributed by atoms with Crippen LogP contribution in [0, 0.1) is 6.92 Å². The van der Waals surface area contributed by atoms with Crippen molar-refractivity contribution in [2.45, 2.75) is 39.0 Å². The molecule has 3 heteroatoms. The number of nitrogens with one attached hydrogen (secondary N) is 1. The molecule has 0 spiro atoms. The summed E-state index contributed by atoms with van der Waals surface area (Å²) in [5, 5.41) is 3.48. The Labute approximate surface area is 104 Å². The summed E-state index contributed by atoms with van der Waals surface area (Å²) in [7, 11) is 0. The summed E-state index contributed by atoms with van der Waals surface area (Å²) in [5.41, 5.74) is 2.83. The molecule has 0 aromatic heterocycles. The first-order valence-corrected chi connectivity index (χ1v) is 5.51. The van der Waals surface area contributed by atoms with Crippen LogP contribution in [-0.4, -0.2) is 18.4 Å². The van der Waals surface area contributed by atoms with Gasteiger partial charge in [0.25, 0.3) is 0 Å². The molecule has 90 valence electrons. The van der Waals surface area contributed by atoms with Crippen molar-refractivity contribution < 1.29 is 4.74 Å². The van der Waals surface area contributed by atoms with E-state index in [0.717, 1.165) is 13.0 Å². The Kier molecular flexibility index (Phi) is 4.36. The maximum atomic E-state index is 5.72. The van der Waals surface area contributed by atoms with Gasteiger partial charge in [0, 0.05) is 12.0 Å². The molecule has 2 rings (SSSR count). The Morgan fingerprint density at radius 3 is 2.62 bits per heavy atom. The lowest BCUT2D eigenvalue weighted by Crippen LogP contribution is -2.39. The van der Waals surface area contributed by atoms with Crippen molar-refractivity contribution in [3.63, 3.8) is 0 Å². The zero-order valence-electron chi connectivity index (χ0n) is 10.1. The van der Waals surface area contributed by atoms with Crippen LogP contribution in [0.2, 0.25) is 0 Å². The highest BCUT2D eigenvalue weighted by molar-refractivity contribution is 5.85. The lowest BCUT2D eigenvalue weighted by molar-refractivity contribution is 0.0986. The van der Waals surface area contributed by atoms with Gasteiger partial charge in [-0.25, -0.2) is 0 Å². The molecule has 0 saturated carbocycles. The smallest absolute Gasteiger partial charge is 0.112 e. The summed E-state index contributed by atoms with van der Waals surface area (Å²) >= 11 is 0. The largest absolute Gasteiger partial charge is 0.361 e. The first-order chi connectivity index (χ1) is 7.07. The van der Waals surface area contributed by atoms with Crippen molar-refractivity contribution >= 4 is 12.4 Å². The van der Waals surface area contributed by atoms with Crippen LogP contribution in [0.4, 0.5) is 0 Å². The van der Waals surface area contributed by atoms with Crippen LogP contribution in [0.3, 0.4) is 0 Å². The van der Waals surface area contributed by atoms with E-state index in [1.54, 1.807) is 0 Å². The molecule has 1 saturated heterocycles. The fourth-order valence-electron chi connectivity index (χ4n) is 1.98. The van der Waals surface area contributed by atoms with Crippen molar-refractivity contribution in [3.05, 3.63) is 35.4 Å². The Morgan fingerprint density at radius 2 is 2.06 bits per heavy atom. The number of hydrogen-bond acceptors (Lipinski definition) is 2. The van der Waals surface area contributed by atoms with E-state index in [1.165, 1.54) is 11.1 Å². The topological polar surface area (TPSA) is 21.3 Å². The van der Waals surface area contributed by atoms with Gasteiger partial charge in [-0.15, -0.1) is 12.4 Å². The lowest BCUT2D eigenvalue weighted by atomic mass is 10.0. The Balaban J connectivity index is 0.00000128. The highest BCUT2D eigenvalue weighted by atomic mass is 35.5. The Morgan fingerprint density at radius 1 is 1.38 bits per heavy atom. The number of benzene rings is 1. The fraction of sp³-hybridized carbons (Fsp3) is 0.538. The van der Waals surface area contributed by atoms with Crippen LogP contribution in [0.15, 0.2) is 24.3 Å². The first-order valence-electron chi connectivity index (χ1n) is 5.51. The maximum absolute atomic E-state index is 5.72. The van der Waals surface area contributed by atoms with Gasteiger partial charge in [-0.1, -0.05) is 24.3 Å². The van der Waals surface area contributed by atoms with Crippen LogP contribution in [-0.2, 0) is 11.2 Å². The second-order valence-electron chi connectivity index (χ2n) is 4.96. The fourth-order valence-corrected chi connectivity index (χ4v) is 1.98. The molecule has 1 N–H and O–H groups in total. The van der Waals surface area contributed by atoms with Crippen molar-refractivity contribution in [1.82, 2.24) is 5.32 Å². The molecule has 1 aliphatic rings. The summed E-state index contributed by atoms with van der Waals surface area (Å²) in [4.78, 5) is 0. The summed E-state index contributed by atoms with van der Waals surface area (Å²) in [5.74, 6) is 0. The zero-order chi connectivity index (χ0) is 10.9. The van der Waals surface area contributed by atoms with Crippen LogP contribution in [0.1, 0.15) is 25.0 Å². The van der Waals surface area contributed by atoms with Crippen molar-refractivity contribution in [1.29, 1.82) is 0 Å². The highest BCUT2D eigenvalue weighted by Gasteiger charge is 2.30. The van der Waals surface area contributed by atoms with Gasteiger partial charge in [-0.3, -0.25) is 5.32 Å². The van der Waals surface area contributed by atoms with E-state index in [0.29, 0.717) is 0 Å². The second-order valence-corrected chi connectivity index (χ2v) is 4.96. The lowest BCUT2D eigenvalue weighted by Gasteiger charge is -2.17. The second kappa shape index (κ2) is 5.17. The minimum atomic E-state index is 0. The third-order valence-electron chi connectivity index (χ3n) is 2.86. The van der Waals surface area contributed by atoms with E-state index >= 15 is 0 Å². The molecule has 1 atom stereocenters. The molecule has 1 aliphatic heterocycles. The number of hydrogen-bond donors (Lipinski definition) is 1. The third-order valence-corrected chi connectivity index (χ3v) is 2.86. The molecule has 1 aromatic rings. The van der Waals surface area contributed by atoms with Gasteiger partial charge in [0.1, 0.15) is 6.23 Å². The van der Waals surface area contributed by atoms with E-state index < -0.39 is 0 Å². The molecule has 16 heavy (non-hydrogen) atoms. The van der Waals surface area contributed by atoms with Gasteiger partial charge in [-0.2, -0.15) is 0 Å². The van der Waals surface area contributed by atoms with Gasteiger partial charge in [0.05, 0.1) is 6.61 Å². The van der Waals surface area contributed by atoms with Crippen LogP contribution in [0.5, 0.6) is 0 Å². The maximum Gasteiger partial charge on any atom is 0.112 e. The van der Waals surface area contributed by atoms with E-state index in [4.69, 9.17) is 4.74 Å². The van der Waals surface area contributed by atoms with Crippen molar-refractivity contribution in [3.8, 4) is 0 Å². The van der Waals surface area contributed by atoms with E-state index in [2.05, 4.69) is 50.4 Å². The van der Waals surface area contributed by atoms with Gasteiger partial charge in [-0.05, 0) is 31.9 Å². The SMILES string of the molecule is Cc1ccccc1CC1NC(C)(C)CO1.Cl. The molecule has 1 heterocycles. The summed E-state index contributed by atoms with van der Waals surface area (Å²) in [6.45, 7) is 7.29. The van der Waals surface area contributed by atoms with E-state index in [9.17, 15) is 0 Å². The highest BCUT2D eigenvalue weighted by Crippen LogP contribution is 2.18. The first kappa shape index (κ1) is 13.5. The van der Waals surface area contributed by atoms with Gasteiger partial charge in [0.15, 0.2) is 0 Å². The molecule has 0 bridgehead atoms. The molecular weight excluding hydrogens is 222 g/mol. The number of ether oxygens (including phenoxy) is 1. The number of rotatable bonds is 2. The van der Waals surface area contributed by atoms with Crippen LogP contribution in [0.25, 0.3) is 0 Å². The average Bonchev–Trinajstić information content (AvgIpc) is 2.50. The van der Waals surface area contributed by atoms with Gasteiger partial charge >= 0.3 is 0 Å².